The molecule has 3 aromatic rings. The van der Waals surface area contributed by atoms with E-state index in [1.54, 1.807) is 0 Å². The minimum Gasteiger partial charge on any atom is -0.381 e. The summed E-state index contributed by atoms with van der Waals surface area (Å²) in [5, 5.41) is 4.91. The van der Waals surface area contributed by atoms with Crippen molar-refractivity contribution in [1.29, 1.82) is 0 Å². The molecule has 8 heteroatoms. The third kappa shape index (κ3) is 5.81. The Bertz CT molecular complexity index is 1190. The van der Waals surface area contributed by atoms with Gasteiger partial charge in [0.2, 0.25) is 0 Å². The van der Waals surface area contributed by atoms with Crippen LogP contribution in [0.1, 0.15) is 18.4 Å². The van der Waals surface area contributed by atoms with Crippen molar-refractivity contribution < 1.29 is 17.9 Å². The molecule has 0 spiro atoms. The maximum Gasteiger partial charge on any atom is 0.152 e. The molecule has 0 saturated carbocycles. The topological polar surface area (TPSA) is 83.7 Å². The van der Waals surface area contributed by atoms with Gasteiger partial charge < -0.3 is 19.8 Å². The van der Waals surface area contributed by atoms with Gasteiger partial charge in [0.05, 0.1) is 35.9 Å². The summed E-state index contributed by atoms with van der Waals surface area (Å²) in [6.45, 7) is 4.65. The predicted octanol–water partition coefficient (Wildman–Crippen LogP) is 3.67. The SMILES string of the molecule is O=S1(=O)CCN(CCOCc2cc(NC3CCOCC3)c3[nH]c(-c4ccccc4)cc3c2)CC1. The van der Waals surface area contributed by atoms with Gasteiger partial charge in [0.1, 0.15) is 0 Å². The highest BCUT2D eigenvalue weighted by Gasteiger charge is 2.21. The zero-order chi connectivity index (χ0) is 23.4. The van der Waals surface area contributed by atoms with Crippen molar-refractivity contribution in [2.45, 2.75) is 25.5 Å². The van der Waals surface area contributed by atoms with Crippen molar-refractivity contribution in [1.82, 2.24) is 9.88 Å². The van der Waals surface area contributed by atoms with Gasteiger partial charge in [-0.05, 0) is 42.2 Å². The zero-order valence-electron chi connectivity index (χ0n) is 19.5. The first kappa shape index (κ1) is 23.4. The zero-order valence-corrected chi connectivity index (χ0v) is 20.3. The average molecular weight is 484 g/mol. The van der Waals surface area contributed by atoms with E-state index in [9.17, 15) is 8.42 Å². The van der Waals surface area contributed by atoms with E-state index >= 15 is 0 Å². The molecular weight excluding hydrogens is 450 g/mol. The number of H-pyrrole nitrogens is 1. The van der Waals surface area contributed by atoms with Gasteiger partial charge in [-0.3, -0.25) is 4.90 Å². The summed E-state index contributed by atoms with van der Waals surface area (Å²) in [4.78, 5) is 5.79. The molecule has 2 aliphatic rings. The summed E-state index contributed by atoms with van der Waals surface area (Å²) in [6.07, 6.45) is 2.00. The summed E-state index contributed by atoms with van der Waals surface area (Å²) < 4.78 is 34.8. The molecule has 2 aromatic carbocycles. The Morgan fingerprint density at radius 1 is 1.06 bits per heavy atom. The second kappa shape index (κ2) is 10.5. The van der Waals surface area contributed by atoms with Crippen LogP contribution in [0.4, 0.5) is 5.69 Å². The molecule has 1 aromatic heterocycles. The Morgan fingerprint density at radius 2 is 1.82 bits per heavy atom. The molecule has 0 aliphatic carbocycles. The minimum absolute atomic E-state index is 0.252. The van der Waals surface area contributed by atoms with Gasteiger partial charge in [0, 0.05) is 50.0 Å². The first-order chi connectivity index (χ1) is 16.6. The Hall–Kier alpha value is -2.39. The molecule has 0 bridgehead atoms. The Balaban J connectivity index is 1.29. The molecule has 7 nitrogen and oxygen atoms in total. The number of nitrogens with zero attached hydrogens (tertiary/aromatic N) is 1. The van der Waals surface area contributed by atoms with Crippen LogP contribution in [0.3, 0.4) is 0 Å². The fourth-order valence-electron chi connectivity index (χ4n) is 4.70. The smallest absolute Gasteiger partial charge is 0.152 e. The monoisotopic (exact) mass is 483 g/mol. The van der Waals surface area contributed by atoms with Crippen molar-refractivity contribution in [2.75, 3.05) is 56.3 Å². The lowest BCUT2D eigenvalue weighted by Crippen LogP contribution is -2.41. The van der Waals surface area contributed by atoms with E-state index in [4.69, 9.17) is 9.47 Å². The van der Waals surface area contributed by atoms with Gasteiger partial charge in [-0.25, -0.2) is 8.42 Å². The van der Waals surface area contributed by atoms with Crippen LogP contribution in [0, 0.1) is 0 Å². The number of hydrogen-bond donors (Lipinski definition) is 2. The van der Waals surface area contributed by atoms with E-state index < -0.39 is 9.84 Å². The number of ether oxygens (including phenoxy) is 2. The summed E-state index contributed by atoms with van der Waals surface area (Å²) in [5.74, 6) is 0.504. The first-order valence-corrected chi connectivity index (χ1v) is 13.9. The highest BCUT2D eigenvalue weighted by molar-refractivity contribution is 7.91. The molecule has 2 N–H and O–H groups in total. The molecule has 34 heavy (non-hydrogen) atoms. The molecule has 2 fully saturated rings. The van der Waals surface area contributed by atoms with Crippen LogP contribution < -0.4 is 5.32 Å². The number of rotatable bonds is 8. The van der Waals surface area contributed by atoms with Crippen molar-refractivity contribution in [3.8, 4) is 11.3 Å². The molecular formula is C26H33N3O4S. The molecule has 182 valence electrons. The number of hydrogen-bond acceptors (Lipinski definition) is 6. The third-order valence-electron chi connectivity index (χ3n) is 6.71. The fourth-order valence-corrected chi connectivity index (χ4v) is 5.97. The Morgan fingerprint density at radius 3 is 2.59 bits per heavy atom. The van der Waals surface area contributed by atoms with E-state index in [1.165, 1.54) is 0 Å². The number of benzene rings is 2. The van der Waals surface area contributed by atoms with E-state index in [0.29, 0.717) is 32.3 Å². The molecule has 2 saturated heterocycles. The number of sulfone groups is 1. The lowest BCUT2D eigenvalue weighted by atomic mass is 10.1. The summed E-state index contributed by atoms with van der Waals surface area (Å²) in [5.41, 5.74) is 5.61. The number of aromatic amines is 1. The Labute approximate surface area is 201 Å². The van der Waals surface area contributed by atoms with Gasteiger partial charge >= 0.3 is 0 Å². The number of fused-ring (bicyclic) bond motifs is 1. The van der Waals surface area contributed by atoms with Crippen LogP contribution >= 0.6 is 0 Å². The number of aromatic nitrogens is 1. The van der Waals surface area contributed by atoms with Crippen molar-refractivity contribution in [3.05, 3.63) is 54.1 Å². The van der Waals surface area contributed by atoms with E-state index in [0.717, 1.165) is 66.0 Å². The van der Waals surface area contributed by atoms with E-state index in [1.807, 2.05) is 6.07 Å². The Kier molecular flexibility index (Phi) is 7.20. The van der Waals surface area contributed by atoms with Crippen molar-refractivity contribution in [3.63, 3.8) is 0 Å². The van der Waals surface area contributed by atoms with Crippen molar-refractivity contribution in [2.24, 2.45) is 0 Å². The first-order valence-electron chi connectivity index (χ1n) is 12.1. The summed E-state index contributed by atoms with van der Waals surface area (Å²) in [6, 6.07) is 17.4. The maximum atomic E-state index is 11.6. The summed E-state index contributed by atoms with van der Waals surface area (Å²) in [7, 11) is -2.85. The lowest BCUT2D eigenvalue weighted by Gasteiger charge is -2.26. The van der Waals surface area contributed by atoms with Crippen LogP contribution in [0.2, 0.25) is 0 Å². The van der Waals surface area contributed by atoms with Crippen LogP contribution in [0.15, 0.2) is 48.5 Å². The third-order valence-corrected chi connectivity index (χ3v) is 8.32. The van der Waals surface area contributed by atoms with E-state index in [-0.39, 0.29) is 11.5 Å². The number of nitrogens with one attached hydrogen (secondary N) is 2. The van der Waals surface area contributed by atoms with E-state index in [2.05, 4.69) is 57.7 Å². The standard InChI is InChI=1S/C26H33N3O4S/c30-34(31)14-9-29(10-15-34)8-13-33-19-20-16-22-18-24(21-4-2-1-3-5-21)28-26(22)25(17-20)27-23-6-11-32-12-7-23/h1-5,16-18,23,27-28H,6-15,19H2. The van der Waals surface area contributed by atoms with Crippen LogP contribution in [0.25, 0.3) is 22.2 Å². The summed E-state index contributed by atoms with van der Waals surface area (Å²) >= 11 is 0. The molecule has 0 atom stereocenters. The molecule has 0 amide bonds. The quantitative estimate of drug-likeness (QED) is 0.476. The van der Waals surface area contributed by atoms with Gasteiger partial charge in [-0.15, -0.1) is 0 Å². The minimum atomic E-state index is -2.85. The van der Waals surface area contributed by atoms with Crippen LogP contribution in [-0.4, -0.2) is 75.3 Å². The van der Waals surface area contributed by atoms with Gasteiger partial charge in [0.25, 0.3) is 0 Å². The fraction of sp³-hybridized carbons (Fsp3) is 0.462. The normalized spacial score (nSPS) is 19.4. The largest absolute Gasteiger partial charge is 0.381 e. The second-order valence-electron chi connectivity index (χ2n) is 9.23. The van der Waals surface area contributed by atoms with Gasteiger partial charge in [-0.2, -0.15) is 0 Å². The lowest BCUT2D eigenvalue weighted by molar-refractivity contribution is 0.0904. The van der Waals surface area contributed by atoms with Crippen molar-refractivity contribution >= 4 is 26.4 Å². The number of anilines is 1. The molecule has 0 unspecified atom stereocenters. The van der Waals surface area contributed by atoms with Gasteiger partial charge in [0.15, 0.2) is 9.84 Å². The molecule has 2 aliphatic heterocycles. The second-order valence-corrected chi connectivity index (χ2v) is 11.5. The van der Waals surface area contributed by atoms with Crippen LogP contribution in [0.5, 0.6) is 0 Å². The highest BCUT2D eigenvalue weighted by Crippen LogP contribution is 2.31. The molecule has 0 radical (unpaired) electrons. The average Bonchev–Trinajstić information content (AvgIpc) is 3.29. The predicted molar refractivity (Wildman–Crippen MR) is 136 cm³/mol. The van der Waals surface area contributed by atoms with Gasteiger partial charge in [-0.1, -0.05) is 30.3 Å². The molecule has 3 heterocycles. The van der Waals surface area contributed by atoms with Crippen LogP contribution in [-0.2, 0) is 25.9 Å². The molecule has 5 rings (SSSR count). The highest BCUT2D eigenvalue weighted by atomic mass is 32.2. The maximum absolute atomic E-state index is 11.6.